The van der Waals surface area contributed by atoms with Gasteiger partial charge in [0.25, 0.3) is 5.78 Å². The first kappa shape index (κ1) is 25.5. The van der Waals surface area contributed by atoms with Crippen molar-refractivity contribution >= 4 is 33.9 Å². The minimum Gasteiger partial charge on any atom is -0.507 e. The Morgan fingerprint density at radius 2 is 1.84 bits per heavy atom. The van der Waals surface area contributed by atoms with Crippen LogP contribution in [0.3, 0.4) is 0 Å². The summed E-state index contributed by atoms with van der Waals surface area (Å²) in [6.07, 6.45) is 0.819. The van der Waals surface area contributed by atoms with Gasteiger partial charge >= 0.3 is 5.91 Å². The van der Waals surface area contributed by atoms with Gasteiger partial charge < -0.3 is 24.1 Å². The lowest BCUT2D eigenvalue weighted by molar-refractivity contribution is -0.132. The number of anilines is 1. The van der Waals surface area contributed by atoms with Crippen LogP contribution in [0.15, 0.2) is 42.0 Å². The molecule has 5 rings (SSSR count). The van der Waals surface area contributed by atoms with Crippen molar-refractivity contribution in [2.24, 2.45) is 0 Å². The zero-order valence-electron chi connectivity index (χ0n) is 21.2. The molecular weight excluding hydrogens is 510 g/mol. The molecular formula is C27H27N3O7S. The molecule has 38 heavy (non-hydrogen) atoms. The van der Waals surface area contributed by atoms with Crippen LogP contribution in [-0.2, 0) is 9.59 Å². The summed E-state index contributed by atoms with van der Waals surface area (Å²) in [6.45, 7) is 7.30. The summed E-state index contributed by atoms with van der Waals surface area (Å²) in [5, 5.41) is 20.5. The van der Waals surface area contributed by atoms with Crippen LogP contribution in [0.5, 0.6) is 23.0 Å². The standard InChI is InChI=1S/C27H27N3O7S/c1-4-10-35-18-8-6-16(13-20(18)34-5-2)23-22(25(32)26(33)30(23)27-29-28-15(3)38-27)24(31)17-7-9-19-21(14-17)37-12-11-36-19/h6-9,13-14,23,31H,4-5,10-12H2,1-3H3/b24-22+. The Hall–Kier alpha value is -4.12. The third kappa shape index (κ3) is 4.65. The molecule has 1 atom stereocenters. The van der Waals surface area contributed by atoms with Crippen LogP contribution < -0.4 is 23.8 Å². The van der Waals surface area contributed by atoms with Gasteiger partial charge in [0.2, 0.25) is 5.13 Å². The second kappa shape index (κ2) is 10.7. The molecule has 0 radical (unpaired) electrons. The number of carbonyl (C=O) groups excluding carboxylic acids is 2. The maximum absolute atomic E-state index is 13.4. The maximum Gasteiger partial charge on any atom is 0.301 e. The number of hydrogen-bond acceptors (Lipinski definition) is 10. The first-order valence-corrected chi connectivity index (χ1v) is 13.1. The molecule has 3 aromatic rings. The van der Waals surface area contributed by atoms with Gasteiger partial charge in [-0.2, -0.15) is 0 Å². The predicted octanol–water partition coefficient (Wildman–Crippen LogP) is 4.43. The zero-order chi connectivity index (χ0) is 26.8. The molecule has 1 unspecified atom stereocenters. The number of hydrogen-bond donors (Lipinski definition) is 1. The number of ketones is 1. The monoisotopic (exact) mass is 537 g/mol. The molecule has 2 aliphatic heterocycles. The predicted molar refractivity (Wildman–Crippen MR) is 140 cm³/mol. The smallest absolute Gasteiger partial charge is 0.301 e. The Kier molecular flexibility index (Phi) is 7.19. The Morgan fingerprint density at radius 1 is 1.05 bits per heavy atom. The van der Waals surface area contributed by atoms with E-state index in [0.717, 1.165) is 6.42 Å². The van der Waals surface area contributed by atoms with Crippen molar-refractivity contribution in [3.8, 4) is 23.0 Å². The van der Waals surface area contributed by atoms with E-state index in [1.165, 1.54) is 16.2 Å². The number of aryl methyl sites for hydroxylation is 1. The summed E-state index contributed by atoms with van der Waals surface area (Å²) >= 11 is 1.18. The van der Waals surface area contributed by atoms with Crippen molar-refractivity contribution in [2.45, 2.75) is 33.2 Å². The van der Waals surface area contributed by atoms with Crippen molar-refractivity contribution in [3.63, 3.8) is 0 Å². The van der Waals surface area contributed by atoms with Gasteiger partial charge in [0.1, 0.15) is 24.0 Å². The van der Waals surface area contributed by atoms with Crippen LogP contribution in [0.25, 0.3) is 5.76 Å². The summed E-state index contributed by atoms with van der Waals surface area (Å²) < 4.78 is 22.9. The van der Waals surface area contributed by atoms with Crippen LogP contribution in [0, 0.1) is 6.92 Å². The van der Waals surface area contributed by atoms with Gasteiger partial charge in [-0.25, -0.2) is 0 Å². The van der Waals surface area contributed by atoms with Crippen molar-refractivity contribution in [1.82, 2.24) is 10.2 Å². The lowest BCUT2D eigenvalue weighted by Gasteiger charge is -2.24. The number of rotatable bonds is 8. The van der Waals surface area contributed by atoms with E-state index in [-0.39, 0.29) is 16.5 Å². The van der Waals surface area contributed by atoms with Crippen molar-refractivity contribution in [3.05, 3.63) is 58.1 Å². The van der Waals surface area contributed by atoms with Crippen molar-refractivity contribution in [2.75, 3.05) is 31.3 Å². The summed E-state index contributed by atoms with van der Waals surface area (Å²) in [4.78, 5) is 28.1. The lowest BCUT2D eigenvalue weighted by atomic mass is 9.95. The van der Waals surface area contributed by atoms with E-state index in [1.54, 1.807) is 43.3 Å². The molecule has 1 saturated heterocycles. The minimum atomic E-state index is -0.977. The molecule has 1 N–H and O–H groups in total. The third-order valence-corrected chi connectivity index (χ3v) is 6.86. The Labute approximate surface area is 223 Å². The number of nitrogens with zero attached hydrogens (tertiary/aromatic N) is 3. The zero-order valence-corrected chi connectivity index (χ0v) is 22.0. The minimum absolute atomic E-state index is 0.0794. The maximum atomic E-state index is 13.4. The Morgan fingerprint density at radius 3 is 2.55 bits per heavy atom. The van der Waals surface area contributed by atoms with Gasteiger partial charge in [0, 0.05) is 5.56 Å². The number of aliphatic hydroxyl groups excluding tert-OH is 1. The first-order chi connectivity index (χ1) is 18.4. The van der Waals surface area contributed by atoms with Gasteiger partial charge in [-0.1, -0.05) is 24.3 Å². The fraction of sp³-hybridized carbons (Fsp3) is 0.333. The van der Waals surface area contributed by atoms with Gasteiger partial charge in [-0.15, -0.1) is 10.2 Å². The van der Waals surface area contributed by atoms with E-state index in [4.69, 9.17) is 18.9 Å². The Balaban J connectivity index is 1.67. The topological polar surface area (TPSA) is 120 Å². The normalized spacial score (nSPS) is 18.1. The molecule has 2 aliphatic rings. The van der Waals surface area contributed by atoms with Crippen LogP contribution in [-0.4, -0.2) is 53.4 Å². The van der Waals surface area contributed by atoms with E-state index in [2.05, 4.69) is 10.2 Å². The highest BCUT2D eigenvalue weighted by molar-refractivity contribution is 7.15. The third-order valence-electron chi connectivity index (χ3n) is 6.03. The van der Waals surface area contributed by atoms with E-state index < -0.39 is 17.7 Å². The number of benzene rings is 2. The van der Waals surface area contributed by atoms with E-state index in [0.29, 0.717) is 65.6 Å². The van der Waals surface area contributed by atoms with Crippen LogP contribution in [0.1, 0.15) is 42.4 Å². The highest BCUT2D eigenvalue weighted by atomic mass is 32.1. The van der Waals surface area contributed by atoms with Crippen LogP contribution >= 0.6 is 11.3 Å². The summed E-state index contributed by atoms with van der Waals surface area (Å²) in [7, 11) is 0. The summed E-state index contributed by atoms with van der Waals surface area (Å²) in [5.41, 5.74) is 0.784. The number of ether oxygens (including phenoxy) is 4. The Bertz CT molecular complexity index is 1420. The van der Waals surface area contributed by atoms with Crippen molar-refractivity contribution < 1.29 is 33.6 Å². The molecule has 198 valence electrons. The number of fused-ring (bicyclic) bond motifs is 1. The van der Waals surface area contributed by atoms with Gasteiger partial charge in [-0.3, -0.25) is 14.5 Å². The molecule has 11 heteroatoms. The number of carbonyl (C=O) groups is 2. The SMILES string of the molecule is CCCOc1ccc(C2/C(=C(\O)c3ccc4c(c3)OCCO4)C(=O)C(=O)N2c2nnc(C)s2)cc1OCC. The van der Waals surface area contributed by atoms with Crippen LogP contribution in [0.2, 0.25) is 0 Å². The number of aromatic nitrogens is 2. The van der Waals surface area contributed by atoms with Gasteiger partial charge in [0.05, 0.1) is 24.8 Å². The molecule has 0 spiro atoms. The fourth-order valence-electron chi connectivity index (χ4n) is 4.37. The number of aliphatic hydroxyl groups is 1. The lowest BCUT2D eigenvalue weighted by Crippen LogP contribution is -2.29. The second-order valence-electron chi connectivity index (χ2n) is 8.62. The molecule has 1 amide bonds. The fourth-order valence-corrected chi connectivity index (χ4v) is 5.08. The number of amides is 1. The first-order valence-electron chi connectivity index (χ1n) is 12.3. The highest BCUT2D eigenvalue weighted by Gasteiger charge is 2.48. The second-order valence-corrected chi connectivity index (χ2v) is 9.78. The van der Waals surface area contributed by atoms with Gasteiger partial charge in [-0.05, 0) is 56.2 Å². The van der Waals surface area contributed by atoms with Crippen LogP contribution in [0.4, 0.5) is 5.13 Å². The molecule has 1 fully saturated rings. The number of Topliss-reactive ketones (excluding diaryl/α,β-unsaturated/α-hetero) is 1. The summed E-state index contributed by atoms with van der Waals surface area (Å²) in [5.74, 6) is 0.0252. The quantitative estimate of drug-likeness (QED) is 0.253. The molecule has 1 aromatic heterocycles. The highest BCUT2D eigenvalue weighted by Crippen LogP contribution is 2.45. The molecule has 2 aromatic carbocycles. The van der Waals surface area contributed by atoms with Crippen molar-refractivity contribution in [1.29, 1.82) is 0 Å². The summed E-state index contributed by atoms with van der Waals surface area (Å²) in [6, 6.07) is 9.12. The largest absolute Gasteiger partial charge is 0.507 e. The van der Waals surface area contributed by atoms with E-state index >= 15 is 0 Å². The van der Waals surface area contributed by atoms with E-state index in [9.17, 15) is 14.7 Å². The molecule has 10 nitrogen and oxygen atoms in total. The molecule has 0 saturated carbocycles. The average Bonchev–Trinajstić information content (AvgIpc) is 3.47. The average molecular weight is 538 g/mol. The molecule has 0 bridgehead atoms. The van der Waals surface area contributed by atoms with Gasteiger partial charge in [0.15, 0.2) is 23.0 Å². The molecule has 3 heterocycles. The van der Waals surface area contributed by atoms with E-state index in [1.807, 2.05) is 13.8 Å². The molecule has 0 aliphatic carbocycles.